The fourth-order valence-corrected chi connectivity index (χ4v) is 3.76. The predicted octanol–water partition coefficient (Wildman–Crippen LogP) is 2.02. The van der Waals surface area contributed by atoms with Crippen molar-refractivity contribution in [3.8, 4) is 5.75 Å². The molecule has 9 heteroatoms. The summed E-state index contributed by atoms with van der Waals surface area (Å²) < 4.78 is 12.8. The van der Waals surface area contributed by atoms with Gasteiger partial charge in [0.05, 0.1) is 31.2 Å². The SMILES string of the molecule is CCOC(=O)c1cc(C2CC2)nc2c1c(=O)n(Cc1cc(C=O)ccc1OC)c(=O)n2C. The van der Waals surface area contributed by atoms with Crippen LogP contribution in [0.4, 0.5) is 0 Å². The highest BCUT2D eigenvalue weighted by Crippen LogP contribution is 2.40. The average Bonchev–Trinajstić information content (AvgIpc) is 3.65. The fourth-order valence-electron chi connectivity index (χ4n) is 3.76. The van der Waals surface area contributed by atoms with Crippen LogP contribution < -0.4 is 16.0 Å². The highest BCUT2D eigenvalue weighted by Gasteiger charge is 2.29. The van der Waals surface area contributed by atoms with E-state index in [1.54, 1.807) is 31.2 Å². The highest BCUT2D eigenvalue weighted by atomic mass is 16.5. The molecule has 1 aliphatic rings. The summed E-state index contributed by atoms with van der Waals surface area (Å²) in [6, 6.07) is 6.34. The Hall–Kier alpha value is -3.75. The van der Waals surface area contributed by atoms with E-state index in [9.17, 15) is 19.2 Å². The van der Waals surface area contributed by atoms with E-state index in [-0.39, 0.29) is 35.7 Å². The normalized spacial score (nSPS) is 13.2. The van der Waals surface area contributed by atoms with Crippen molar-refractivity contribution in [1.29, 1.82) is 0 Å². The van der Waals surface area contributed by atoms with Crippen molar-refractivity contribution < 1.29 is 19.1 Å². The number of nitrogens with zero attached hydrogens (tertiary/aromatic N) is 3. The topological polar surface area (TPSA) is 109 Å². The highest BCUT2D eigenvalue weighted by molar-refractivity contribution is 6.02. The van der Waals surface area contributed by atoms with Crippen LogP contribution in [-0.4, -0.2) is 40.1 Å². The Morgan fingerprint density at radius 1 is 1.25 bits per heavy atom. The maximum absolute atomic E-state index is 13.5. The van der Waals surface area contributed by atoms with Crippen LogP contribution in [0, 0.1) is 0 Å². The van der Waals surface area contributed by atoms with Gasteiger partial charge in [-0.2, -0.15) is 0 Å². The van der Waals surface area contributed by atoms with E-state index in [4.69, 9.17) is 9.47 Å². The maximum atomic E-state index is 13.5. The summed E-state index contributed by atoms with van der Waals surface area (Å²) >= 11 is 0. The van der Waals surface area contributed by atoms with Crippen molar-refractivity contribution in [1.82, 2.24) is 14.1 Å². The molecule has 2 heterocycles. The van der Waals surface area contributed by atoms with Crippen LogP contribution in [0.5, 0.6) is 5.75 Å². The second-order valence-electron chi connectivity index (χ2n) is 7.71. The number of ether oxygens (including phenoxy) is 2. The van der Waals surface area contributed by atoms with E-state index >= 15 is 0 Å². The predicted molar refractivity (Wildman–Crippen MR) is 117 cm³/mol. The van der Waals surface area contributed by atoms with Gasteiger partial charge in [-0.25, -0.2) is 14.6 Å². The molecule has 0 spiro atoms. The summed E-state index contributed by atoms with van der Waals surface area (Å²) in [5.74, 6) is 0.00237. The van der Waals surface area contributed by atoms with E-state index in [1.807, 2.05) is 0 Å². The molecule has 166 valence electrons. The summed E-state index contributed by atoms with van der Waals surface area (Å²) in [4.78, 5) is 55.1. The third kappa shape index (κ3) is 3.70. The molecule has 0 radical (unpaired) electrons. The number of pyridine rings is 1. The molecule has 1 saturated carbocycles. The van der Waals surface area contributed by atoms with Gasteiger partial charge in [-0.05, 0) is 44.0 Å². The van der Waals surface area contributed by atoms with Gasteiger partial charge in [0.1, 0.15) is 17.7 Å². The second-order valence-corrected chi connectivity index (χ2v) is 7.71. The van der Waals surface area contributed by atoms with Crippen LogP contribution in [0.3, 0.4) is 0 Å². The van der Waals surface area contributed by atoms with Crippen molar-refractivity contribution in [2.24, 2.45) is 7.05 Å². The van der Waals surface area contributed by atoms with E-state index in [2.05, 4.69) is 4.98 Å². The Kier molecular flexibility index (Phi) is 5.65. The number of fused-ring (bicyclic) bond motifs is 1. The molecular formula is C23H23N3O6. The number of methoxy groups -OCH3 is 1. The third-order valence-corrected chi connectivity index (χ3v) is 5.57. The third-order valence-electron chi connectivity index (χ3n) is 5.57. The molecule has 2 aromatic heterocycles. The van der Waals surface area contributed by atoms with Crippen molar-refractivity contribution in [2.75, 3.05) is 13.7 Å². The molecule has 0 aliphatic heterocycles. The molecule has 0 bridgehead atoms. The monoisotopic (exact) mass is 437 g/mol. The Labute approximate surface area is 183 Å². The quantitative estimate of drug-likeness (QED) is 0.411. The molecule has 32 heavy (non-hydrogen) atoms. The van der Waals surface area contributed by atoms with Gasteiger partial charge in [0.2, 0.25) is 0 Å². The lowest BCUT2D eigenvalue weighted by molar-refractivity contribution is 0.0528. The number of carbonyl (C=O) groups is 2. The molecule has 0 N–H and O–H groups in total. The van der Waals surface area contributed by atoms with Gasteiger partial charge in [0.15, 0.2) is 0 Å². The van der Waals surface area contributed by atoms with Crippen molar-refractivity contribution in [3.63, 3.8) is 0 Å². The first-order valence-corrected chi connectivity index (χ1v) is 10.3. The summed E-state index contributed by atoms with van der Waals surface area (Å²) in [5, 5.41) is 0.0282. The number of carbonyl (C=O) groups excluding carboxylic acids is 2. The minimum Gasteiger partial charge on any atom is -0.496 e. The molecule has 1 aliphatic carbocycles. The number of aldehydes is 1. The lowest BCUT2D eigenvalue weighted by Crippen LogP contribution is -2.40. The minimum absolute atomic E-state index is 0.0282. The molecule has 3 aromatic rings. The molecule has 9 nitrogen and oxygen atoms in total. The maximum Gasteiger partial charge on any atom is 0.339 e. The summed E-state index contributed by atoms with van der Waals surface area (Å²) in [6.07, 6.45) is 2.56. The zero-order chi connectivity index (χ0) is 23.0. The average molecular weight is 437 g/mol. The number of rotatable bonds is 7. The Morgan fingerprint density at radius 2 is 2.00 bits per heavy atom. The van der Waals surface area contributed by atoms with Gasteiger partial charge in [-0.1, -0.05) is 0 Å². The molecule has 0 unspecified atom stereocenters. The first kappa shape index (κ1) is 21.5. The van der Waals surface area contributed by atoms with Gasteiger partial charge in [-0.3, -0.25) is 18.7 Å². The Balaban J connectivity index is 1.98. The van der Waals surface area contributed by atoms with E-state index in [1.165, 1.54) is 18.7 Å². The van der Waals surface area contributed by atoms with Crippen molar-refractivity contribution in [3.05, 3.63) is 67.5 Å². The van der Waals surface area contributed by atoms with Crippen LogP contribution in [0.1, 0.15) is 57.7 Å². The number of aryl methyl sites for hydroxylation is 1. The lowest BCUT2D eigenvalue weighted by atomic mass is 10.1. The Bertz CT molecular complexity index is 1350. The van der Waals surface area contributed by atoms with Crippen molar-refractivity contribution in [2.45, 2.75) is 32.2 Å². The second kappa shape index (κ2) is 8.41. The van der Waals surface area contributed by atoms with Gasteiger partial charge < -0.3 is 9.47 Å². The smallest absolute Gasteiger partial charge is 0.339 e. The first-order chi connectivity index (χ1) is 15.4. The molecule has 1 aromatic carbocycles. The van der Waals surface area contributed by atoms with Crippen LogP contribution in [0.15, 0.2) is 33.9 Å². The van der Waals surface area contributed by atoms with Crippen LogP contribution in [0.25, 0.3) is 11.0 Å². The molecule has 4 rings (SSSR count). The molecule has 0 atom stereocenters. The zero-order valence-corrected chi connectivity index (χ0v) is 18.1. The number of esters is 1. The van der Waals surface area contributed by atoms with Gasteiger partial charge >= 0.3 is 11.7 Å². The minimum atomic E-state index is -0.653. The van der Waals surface area contributed by atoms with Gasteiger partial charge in [-0.15, -0.1) is 0 Å². The van der Waals surface area contributed by atoms with E-state index in [0.717, 1.165) is 17.4 Å². The number of hydrogen-bond donors (Lipinski definition) is 0. The summed E-state index contributed by atoms with van der Waals surface area (Å²) in [6.45, 7) is 1.69. The number of hydrogen-bond acceptors (Lipinski definition) is 7. The van der Waals surface area contributed by atoms with Crippen LogP contribution >= 0.6 is 0 Å². The largest absolute Gasteiger partial charge is 0.496 e. The van der Waals surface area contributed by atoms with Crippen molar-refractivity contribution >= 4 is 23.3 Å². The fraction of sp³-hybridized carbons (Fsp3) is 0.348. The van der Waals surface area contributed by atoms with Gasteiger partial charge in [0, 0.05) is 29.8 Å². The molecule has 0 amide bonds. The molecular weight excluding hydrogens is 414 g/mol. The Morgan fingerprint density at radius 3 is 2.62 bits per heavy atom. The number of benzene rings is 1. The van der Waals surface area contributed by atoms with E-state index in [0.29, 0.717) is 28.9 Å². The molecule has 1 fully saturated rings. The molecule has 0 saturated heterocycles. The van der Waals surface area contributed by atoms with E-state index < -0.39 is 17.2 Å². The summed E-state index contributed by atoms with van der Waals surface area (Å²) in [5.41, 5.74) is 0.549. The lowest BCUT2D eigenvalue weighted by Gasteiger charge is -2.15. The van der Waals surface area contributed by atoms with Crippen LogP contribution in [-0.2, 0) is 18.3 Å². The summed E-state index contributed by atoms with van der Waals surface area (Å²) in [7, 11) is 2.97. The van der Waals surface area contributed by atoms with Gasteiger partial charge in [0.25, 0.3) is 5.56 Å². The number of aromatic nitrogens is 3. The standard InChI is InChI=1S/C23H23N3O6/c1-4-32-22(29)16-10-17(14-6-7-14)24-20-19(16)21(28)26(23(30)25(20)2)11-15-9-13(12-27)5-8-18(15)31-3/h5,8-10,12,14H,4,6-7,11H2,1-3H3. The van der Waals surface area contributed by atoms with Crippen LogP contribution in [0.2, 0.25) is 0 Å². The first-order valence-electron chi connectivity index (χ1n) is 10.3. The zero-order valence-electron chi connectivity index (χ0n) is 18.1.